The third-order valence-electron chi connectivity index (χ3n) is 5.90. The molecule has 1 aliphatic rings. The number of aromatic nitrogens is 3. The number of para-hydroxylation sites is 2. The van der Waals surface area contributed by atoms with E-state index < -0.39 is 0 Å². The third-order valence-corrected chi connectivity index (χ3v) is 6.43. The Morgan fingerprint density at radius 2 is 1.84 bits per heavy atom. The van der Waals surface area contributed by atoms with Crippen molar-refractivity contribution in [2.24, 2.45) is 5.92 Å². The quantitative estimate of drug-likeness (QED) is 0.426. The third kappa shape index (κ3) is 4.45. The lowest BCUT2D eigenvalue weighted by Crippen LogP contribution is -2.40. The second-order valence-electron chi connectivity index (χ2n) is 8.13. The number of carbonyl (C=O) groups excluding carboxylic acids is 1. The van der Waals surface area contributed by atoms with E-state index >= 15 is 0 Å². The number of hydrogen-bond acceptors (Lipinski definition) is 4. The van der Waals surface area contributed by atoms with Crippen LogP contribution in [-0.2, 0) is 11.3 Å². The second-order valence-corrected chi connectivity index (χ2v) is 9.04. The standard InChI is InChI=1S/C25H24BrN5O/c26-19-7-9-21(10-8-19)31-23-6-2-1-5-22(23)29-24(31)17-30-15-3-4-18(16-30)25(32)28-20-11-13-27-14-12-20/h1-2,5-14,18H,3-4,15-17H2,(H,27,28,32)/t18-/m0/s1. The lowest BCUT2D eigenvalue weighted by molar-refractivity contribution is -0.121. The van der Waals surface area contributed by atoms with Gasteiger partial charge in [0, 0.05) is 34.8 Å². The normalized spacial score (nSPS) is 16.8. The minimum absolute atomic E-state index is 0.0394. The van der Waals surface area contributed by atoms with Crippen LogP contribution < -0.4 is 5.32 Å². The average molecular weight is 490 g/mol. The molecule has 1 atom stereocenters. The predicted molar refractivity (Wildman–Crippen MR) is 130 cm³/mol. The SMILES string of the molecule is O=C(Nc1ccncc1)[C@H]1CCCN(Cc2nc3ccccc3n2-c2ccc(Br)cc2)C1. The van der Waals surface area contributed by atoms with Gasteiger partial charge in [0.05, 0.1) is 23.5 Å². The summed E-state index contributed by atoms with van der Waals surface area (Å²) in [7, 11) is 0. The summed E-state index contributed by atoms with van der Waals surface area (Å²) < 4.78 is 3.27. The van der Waals surface area contributed by atoms with Crippen molar-refractivity contribution in [1.82, 2.24) is 19.4 Å². The first-order chi connectivity index (χ1) is 15.7. The van der Waals surface area contributed by atoms with E-state index in [9.17, 15) is 4.79 Å². The van der Waals surface area contributed by atoms with Crippen LogP contribution in [0.1, 0.15) is 18.7 Å². The van der Waals surface area contributed by atoms with Crippen LogP contribution in [0.15, 0.2) is 77.5 Å². The van der Waals surface area contributed by atoms with Crippen molar-refractivity contribution in [2.45, 2.75) is 19.4 Å². The lowest BCUT2D eigenvalue weighted by atomic mass is 9.97. The Morgan fingerprint density at radius 1 is 1.06 bits per heavy atom. The number of benzene rings is 2. The maximum Gasteiger partial charge on any atom is 0.228 e. The average Bonchev–Trinajstić information content (AvgIpc) is 3.18. The van der Waals surface area contributed by atoms with E-state index in [1.165, 1.54) is 0 Å². The molecule has 5 rings (SSSR count). The molecular weight excluding hydrogens is 466 g/mol. The van der Waals surface area contributed by atoms with Gasteiger partial charge >= 0.3 is 0 Å². The minimum Gasteiger partial charge on any atom is -0.326 e. The summed E-state index contributed by atoms with van der Waals surface area (Å²) in [6.45, 7) is 2.38. The number of hydrogen-bond donors (Lipinski definition) is 1. The smallest absolute Gasteiger partial charge is 0.228 e. The molecule has 0 aliphatic carbocycles. The first-order valence-electron chi connectivity index (χ1n) is 10.8. The van der Waals surface area contributed by atoms with Gasteiger partial charge in [-0.15, -0.1) is 0 Å². The summed E-state index contributed by atoms with van der Waals surface area (Å²) in [5.74, 6) is 1.02. The highest BCUT2D eigenvalue weighted by Gasteiger charge is 2.27. The molecule has 2 aromatic heterocycles. The van der Waals surface area contributed by atoms with E-state index in [-0.39, 0.29) is 11.8 Å². The lowest BCUT2D eigenvalue weighted by Gasteiger charge is -2.31. The Kier molecular flexibility index (Phi) is 6.01. The van der Waals surface area contributed by atoms with Crippen LogP contribution in [0.25, 0.3) is 16.7 Å². The van der Waals surface area contributed by atoms with E-state index in [0.29, 0.717) is 6.54 Å². The van der Waals surface area contributed by atoms with Gasteiger partial charge in [0.15, 0.2) is 0 Å². The van der Waals surface area contributed by atoms with E-state index in [4.69, 9.17) is 4.98 Å². The molecular formula is C25H24BrN5O. The molecule has 3 heterocycles. The van der Waals surface area contributed by atoms with Crippen molar-refractivity contribution in [1.29, 1.82) is 0 Å². The summed E-state index contributed by atoms with van der Waals surface area (Å²) in [5, 5.41) is 3.03. The number of piperidine rings is 1. The number of pyridine rings is 1. The van der Waals surface area contributed by atoms with Gasteiger partial charge in [-0.05, 0) is 67.9 Å². The summed E-state index contributed by atoms with van der Waals surface area (Å²) in [6, 6.07) is 20.2. The Bertz CT molecular complexity index is 1220. The number of rotatable bonds is 5. The first kappa shape index (κ1) is 20.8. The highest BCUT2D eigenvalue weighted by atomic mass is 79.9. The molecule has 1 saturated heterocycles. The van der Waals surface area contributed by atoms with Gasteiger partial charge in [0.1, 0.15) is 5.82 Å². The topological polar surface area (TPSA) is 63.1 Å². The van der Waals surface area contributed by atoms with Crippen molar-refractivity contribution in [3.05, 3.63) is 83.4 Å². The Morgan fingerprint density at radius 3 is 2.66 bits per heavy atom. The number of carbonyl (C=O) groups is 1. The summed E-state index contributed by atoms with van der Waals surface area (Å²) in [4.78, 5) is 24.1. The molecule has 162 valence electrons. The molecule has 6 nitrogen and oxygen atoms in total. The first-order valence-corrected chi connectivity index (χ1v) is 11.6. The number of nitrogens with zero attached hydrogens (tertiary/aromatic N) is 4. The summed E-state index contributed by atoms with van der Waals surface area (Å²) in [5.41, 5.74) is 3.95. The number of amides is 1. The predicted octanol–water partition coefficient (Wildman–Crippen LogP) is 5.03. The molecule has 0 saturated carbocycles. The van der Waals surface area contributed by atoms with Crippen molar-refractivity contribution in [2.75, 3.05) is 18.4 Å². The fraction of sp³-hybridized carbons (Fsp3) is 0.240. The highest BCUT2D eigenvalue weighted by Crippen LogP contribution is 2.26. The van der Waals surface area contributed by atoms with Crippen molar-refractivity contribution in [3.63, 3.8) is 0 Å². The number of imidazole rings is 1. The molecule has 0 spiro atoms. The van der Waals surface area contributed by atoms with Gasteiger partial charge in [-0.1, -0.05) is 28.1 Å². The van der Waals surface area contributed by atoms with Crippen LogP contribution in [-0.4, -0.2) is 38.4 Å². The molecule has 2 aromatic carbocycles. The number of anilines is 1. The molecule has 0 radical (unpaired) electrons. The molecule has 1 aliphatic heterocycles. The van der Waals surface area contributed by atoms with Crippen LogP contribution >= 0.6 is 15.9 Å². The zero-order valence-electron chi connectivity index (χ0n) is 17.6. The van der Waals surface area contributed by atoms with E-state index in [1.807, 2.05) is 36.4 Å². The zero-order chi connectivity index (χ0) is 21.9. The number of nitrogens with one attached hydrogen (secondary N) is 1. The Hall–Kier alpha value is -3.03. The van der Waals surface area contributed by atoms with Crippen molar-refractivity contribution >= 4 is 38.6 Å². The number of halogens is 1. The molecule has 7 heteroatoms. The molecule has 0 unspecified atom stereocenters. The molecule has 1 N–H and O–H groups in total. The zero-order valence-corrected chi connectivity index (χ0v) is 19.2. The van der Waals surface area contributed by atoms with Crippen LogP contribution in [0.3, 0.4) is 0 Å². The van der Waals surface area contributed by atoms with Gasteiger partial charge < -0.3 is 5.32 Å². The maximum atomic E-state index is 12.8. The van der Waals surface area contributed by atoms with Gasteiger partial charge in [0.25, 0.3) is 0 Å². The maximum absolute atomic E-state index is 12.8. The van der Waals surface area contributed by atoms with Crippen LogP contribution in [0.4, 0.5) is 5.69 Å². The van der Waals surface area contributed by atoms with Crippen LogP contribution in [0.2, 0.25) is 0 Å². The fourth-order valence-corrected chi connectivity index (χ4v) is 4.62. The fourth-order valence-electron chi connectivity index (χ4n) is 4.35. The van der Waals surface area contributed by atoms with Crippen LogP contribution in [0, 0.1) is 5.92 Å². The van der Waals surface area contributed by atoms with E-state index in [1.54, 1.807) is 12.4 Å². The van der Waals surface area contributed by atoms with Crippen molar-refractivity contribution < 1.29 is 4.79 Å². The molecule has 1 amide bonds. The van der Waals surface area contributed by atoms with Gasteiger partial charge in [-0.3, -0.25) is 19.2 Å². The monoisotopic (exact) mass is 489 g/mol. The van der Waals surface area contributed by atoms with Gasteiger partial charge in [-0.2, -0.15) is 0 Å². The van der Waals surface area contributed by atoms with Gasteiger partial charge in [-0.25, -0.2) is 4.98 Å². The molecule has 0 bridgehead atoms. The van der Waals surface area contributed by atoms with Gasteiger partial charge in [0.2, 0.25) is 5.91 Å². The Labute approximate surface area is 195 Å². The minimum atomic E-state index is -0.0394. The molecule has 1 fully saturated rings. The molecule has 4 aromatic rings. The summed E-state index contributed by atoms with van der Waals surface area (Å²) >= 11 is 3.53. The van der Waals surface area contributed by atoms with Crippen molar-refractivity contribution in [3.8, 4) is 5.69 Å². The number of fused-ring (bicyclic) bond motifs is 1. The summed E-state index contributed by atoms with van der Waals surface area (Å²) in [6.07, 6.45) is 5.27. The van der Waals surface area contributed by atoms with E-state index in [0.717, 1.165) is 58.6 Å². The largest absolute Gasteiger partial charge is 0.326 e. The highest BCUT2D eigenvalue weighted by molar-refractivity contribution is 9.10. The number of likely N-dealkylation sites (tertiary alicyclic amines) is 1. The second kappa shape index (κ2) is 9.22. The molecule has 32 heavy (non-hydrogen) atoms. The van der Waals surface area contributed by atoms with E-state index in [2.05, 4.69) is 60.0 Å². The Balaban J connectivity index is 1.37. The van der Waals surface area contributed by atoms with Crippen LogP contribution in [0.5, 0.6) is 0 Å².